The Morgan fingerprint density at radius 3 is 2.48 bits per heavy atom. The van der Waals surface area contributed by atoms with Crippen LogP contribution in [0.4, 0.5) is 5.69 Å². The molecule has 27 heavy (non-hydrogen) atoms. The van der Waals surface area contributed by atoms with Crippen molar-refractivity contribution in [3.8, 4) is 0 Å². The van der Waals surface area contributed by atoms with Crippen LogP contribution < -0.4 is 5.32 Å². The number of nitrogens with one attached hydrogen (secondary N) is 1. The van der Waals surface area contributed by atoms with Gasteiger partial charge in [-0.15, -0.1) is 0 Å². The van der Waals surface area contributed by atoms with E-state index in [-0.39, 0.29) is 41.4 Å². The fourth-order valence-corrected chi connectivity index (χ4v) is 6.99. The van der Waals surface area contributed by atoms with Crippen LogP contribution in [0.15, 0.2) is 29.2 Å². The zero-order valence-corrected chi connectivity index (χ0v) is 16.8. The van der Waals surface area contributed by atoms with Crippen molar-refractivity contribution in [2.24, 2.45) is 0 Å². The summed E-state index contributed by atoms with van der Waals surface area (Å²) in [5.41, 5.74) is 0.496. The van der Waals surface area contributed by atoms with Crippen LogP contribution in [0.1, 0.15) is 26.2 Å². The number of sulfone groups is 1. The van der Waals surface area contributed by atoms with Crippen molar-refractivity contribution in [3.63, 3.8) is 0 Å². The van der Waals surface area contributed by atoms with Gasteiger partial charge in [-0.25, -0.2) is 16.8 Å². The van der Waals surface area contributed by atoms with Gasteiger partial charge in [0.2, 0.25) is 15.9 Å². The number of anilines is 1. The molecular formula is C17H24N2O6S2. The van der Waals surface area contributed by atoms with E-state index >= 15 is 0 Å². The Balaban J connectivity index is 1.88. The third-order valence-corrected chi connectivity index (χ3v) is 8.49. The van der Waals surface area contributed by atoms with Crippen LogP contribution in [0, 0.1) is 0 Å². The van der Waals surface area contributed by atoms with Gasteiger partial charge < -0.3 is 10.1 Å². The predicted molar refractivity (Wildman–Crippen MR) is 101 cm³/mol. The number of carbonyl (C=O) groups is 1. The number of ether oxygens (including phenoxy) is 1. The molecule has 0 unspecified atom stereocenters. The number of carbonyl (C=O) groups excluding carboxylic acids is 1. The summed E-state index contributed by atoms with van der Waals surface area (Å²) in [4.78, 5) is 11.2. The third kappa shape index (κ3) is 4.87. The number of rotatable bonds is 6. The van der Waals surface area contributed by atoms with Gasteiger partial charge >= 0.3 is 0 Å². The minimum Gasteiger partial charge on any atom is -0.377 e. The summed E-state index contributed by atoms with van der Waals surface area (Å²) < 4.78 is 57.2. The minimum absolute atomic E-state index is 0.00329. The van der Waals surface area contributed by atoms with Crippen LogP contribution in [0.5, 0.6) is 0 Å². The molecule has 0 radical (unpaired) electrons. The Morgan fingerprint density at radius 2 is 1.96 bits per heavy atom. The van der Waals surface area contributed by atoms with Gasteiger partial charge in [-0.3, -0.25) is 4.79 Å². The van der Waals surface area contributed by atoms with Crippen LogP contribution in [-0.4, -0.2) is 63.9 Å². The highest BCUT2D eigenvalue weighted by Gasteiger charge is 2.40. The first kappa shape index (κ1) is 20.2. The molecule has 1 N–H and O–H groups in total. The second kappa shape index (κ2) is 7.86. The van der Waals surface area contributed by atoms with Gasteiger partial charge in [-0.05, 0) is 43.5 Å². The first-order chi connectivity index (χ1) is 12.7. The molecule has 1 aromatic rings. The van der Waals surface area contributed by atoms with Crippen molar-refractivity contribution in [2.75, 3.05) is 30.0 Å². The lowest BCUT2D eigenvalue weighted by Gasteiger charge is -2.29. The smallest absolute Gasteiger partial charge is 0.243 e. The lowest BCUT2D eigenvalue weighted by molar-refractivity contribution is -0.114. The highest BCUT2D eigenvalue weighted by atomic mass is 32.2. The van der Waals surface area contributed by atoms with E-state index in [0.717, 1.165) is 12.8 Å². The highest BCUT2D eigenvalue weighted by Crippen LogP contribution is 2.28. The maximum atomic E-state index is 13.2. The molecule has 0 spiro atoms. The number of amides is 1. The summed E-state index contributed by atoms with van der Waals surface area (Å²) in [7, 11) is -7.12. The predicted octanol–water partition coefficient (Wildman–Crippen LogP) is 1.00. The van der Waals surface area contributed by atoms with Crippen molar-refractivity contribution in [1.82, 2.24) is 4.31 Å². The molecule has 0 saturated carbocycles. The fourth-order valence-electron chi connectivity index (χ4n) is 3.48. The van der Waals surface area contributed by atoms with Gasteiger partial charge in [-0.1, -0.05) is 0 Å². The maximum absolute atomic E-state index is 13.2. The van der Waals surface area contributed by atoms with Crippen LogP contribution in [0.2, 0.25) is 0 Å². The molecule has 0 aliphatic carbocycles. The Kier molecular flexibility index (Phi) is 5.90. The van der Waals surface area contributed by atoms with Crippen LogP contribution in [0.25, 0.3) is 0 Å². The molecule has 2 atom stereocenters. The largest absolute Gasteiger partial charge is 0.377 e. The monoisotopic (exact) mass is 416 g/mol. The molecule has 2 aliphatic heterocycles. The summed E-state index contributed by atoms with van der Waals surface area (Å²) in [5.74, 6) is -0.415. The van der Waals surface area contributed by atoms with Crippen LogP contribution in [0.3, 0.4) is 0 Å². The molecule has 2 fully saturated rings. The summed E-state index contributed by atoms with van der Waals surface area (Å²) in [5, 5.41) is 2.59. The Hall–Kier alpha value is -1.49. The summed E-state index contributed by atoms with van der Waals surface area (Å²) in [6.07, 6.45) is 1.69. The molecular weight excluding hydrogens is 392 g/mol. The first-order valence-corrected chi connectivity index (χ1v) is 12.1. The fraction of sp³-hybridized carbons (Fsp3) is 0.588. The molecule has 3 rings (SSSR count). The van der Waals surface area contributed by atoms with Gasteiger partial charge in [0.05, 0.1) is 22.5 Å². The standard InChI is InChI=1S/C17H24N2O6S2/c1-13(20)18-14-4-6-17(7-5-14)27(23,24)19(11-16-3-2-9-25-16)15-8-10-26(21,22)12-15/h4-7,15-16H,2-3,8-12H2,1H3,(H,18,20)/t15-,16-/m1/s1. The SMILES string of the molecule is CC(=O)Nc1ccc(S(=O)(=O)N(C[C@H]2CCCO2)[C@@H]2CCS(=O)(=O)C2)cc1. The van der Waals surface area contributed by atoms with E-state index < -0.39 is 25.9 Å². The maximum Gasteiger partial charge on any atom is 0.243 e. The van der Waals surface area contributed by atoms with Crippen molar-refractivity contribution in [1.29, 1.82) is 0 Å². The van der Waals surface area contributed by atoms with E-state index in [2.05, 4.69) is 5.32 Å². The van der Waals surface area contributed by atoms with Crippen molar-refractivity contribution in [3.05, 3.63) is 24.3 Å². The van der Waals surface area contributed by atoms with Crippen molar-refractivity contribution >= 4 is 31.5 Å². The highest BCUT2D eigenvalue weighted by molar-refractivity contribution is 7.92. The van der Waals surface area contributed by atoms with Crippen LogP contribution in [-0.2, 0) is 29.4 Å². The van der Waals surface area contributed by atoms with E-state index in [1.54, 1.807) is 0 Å². The van der Waals surface area contributed by atoms with Crippen molar-refractivity contribution < 1.29 is 26.4 Å². The van der Waals surface area contributed by atoms with E-state index in [1.165, 1.54) is 35.5 Å². The molecule has 1 amide bonds. The lowest BCUT2D eigenvalue weighted by atomic mass is 10.2. The Labute approximate surface area is 159 Å². The molecule has 1 aromatic carbocycles. The van der Waals surface area contributed by atoms with E-state index in [9.17, 15) is 21.6 Å². The molecule has 10 heteroatoms. The minimum atomic E-state index is -3.89. The first-order valence-electron chi connectivity index (χ1n) is 8.89. The zero-order valence-electron chi connectivity index (χ0n) is 15.1. The van der Waals surface area contributed by atoms with E-state index in [1.807, 2.05) is 0 Å². The number of sulfonamides is 1. The van der Waals surface area contributed by atoms with Gasteiger partial charge in [0.1, 0.15) is 0 Å². The van der Waals surface area contributed by atoms with Gasteiger partial charge in [-0.2, -0.15) is 4.31 Å². The number of benzene rings is 1. The average molecular weight is 417 g/mol. The summed E-state index contributed by atoms with van der Waals surface area (Å²) in [6.45, 7) is 2.11. The van der Waals surface area contributed by atoms with E-state index in [0.29, 0.717) is 12.3 Å². The lowest BCUT2D eigenvalue weighted by Crippen LogP contribution is -2.45. The Morgan fingerprint density at radius 1 is 1.26 bits per heavy atom. The number of hydrogen-bond donors (Lipinski definition) is 1. The summed E-state index contributed by atoms with van der Waals surface area (Å²) >= 11 is 0. The van der Waals surface area contributed by atoms with E-state index in [4.69, 9.17) is 4.74 Å². The van der Waals surface area contributed by atoms with Crippen molar-refractivity contribution in [2.45, 2.75) is 43.2 Å². The average Bonchev–Trinajstić information content (AvgIpc) is 3.21. The molecule has 2 aliphatic rings. The zero-order chi connectivity index (χ0) is 19.7. The van der Waals surface area contributed by atoms with Gasteiger partial charge in [0.15, 0.2) is 9.84 Å². The summed E-state index contributed by atoms with van der Waals surface area (Å²) in [6, 6.07) is 5.30. The molecule has 0 aromatic heterocycles. The molecule has 8 nitrogen and oxygen atoms in total. The second-order valence-corrected chi connectivity index (χ2v) is 11.1. The Bertz CT molecular complexity index is 890. The molecule has 150 valence electrons. The van der Waals surface area contributed by atoms with Crippen LogP contribution >= 0.6 is 0 Å². The third-order valence-electron chi connectivity index (χ3n) is 4.80. The number of hydrogen-bond acceptors (Lipinski definition) is 6. The normalized spacial score (nSPS) is 25.0. The number of nitrogens with zero attached hydrogens (tertiary/aromatic N) is 1. The topological polar surface area (TPSA) is 110 Å². The molecule has 0 bridgehead atoms. The molecule has 2 saturated heterocycles. The van der Waals surface area contributed by atoms with Gasteiger partial charge in [0, 0.05) is 31.8 Å². The second-order valence-electron chi connectivity index (χ2n) is 6.97. The quantitative estimate of drug-likeness (QED) is 0.741. The molecule has 2 heterocycles. The van der Waals surface area contributed by atoms with Gasteiger partial charge in [0.25, 0.3) is 0 Å².